The Hall–Kier alpha value is -0.890. The Morgan fingerprint density at radius 2 is 2.00 bits per heavy atom. The lowest BCUT2D eigenvalue weighted by Crippen LogP contribution is -2.16. The lowest BCUT2D eigenvalue weighted by molar-refractivity contribution is 0.139. The van der Waals surface area contributed by atoms with E-state index in [9.17, 15) is 5.11 Å². The van der Waals surface area contributed by atoms with E-state index in [1.54, 1.807) is 0 Å². The summed E-state index contributed by atoms with van der Waals surface area (Å²) in [6.45, 7) is 2.14. The van der Waals surface area contributed by atoms with Gasteiger partial charge in [-0.1, -0.05) is 25.8 Å². The van der Waals surface area contributed by atoms with Crippen LogP contribution in [0.4, 0.5) is 0 Å². The third kappa shape index (κ3) is 2.31. The van der Waals surface area contributed by atoms with Gasteiger partial charge in [-0.2, -0.15) is 0 Å². The number of aromatic nitrogens is 1. The van der Waals surface area contributed by atoms with Crippen molar-refractivity contribution in [3.8, 4) is 0 Å². The first-order chi connectivity index (χ1) is 8.79. The summed E-state index contributed by atoms with van der Waals surface area (Å²) in [5.74, 6) is 2.22. The molecule has 2 aliphatic rings. The van der Waals surface area contributed by atoms with Crippen molar-refractivity contribution in [2.75, 3.05) is 0 Å². The summed E-state index contributed by atoms with van der Waals surface area (Å²) in [7, 11) is 0. The van der Waals surface area contributed by atoms with E-state index in [-0.39, 0.29) is 6.10 Å². The predicted octanol–water partition coefficient (Wildman–Crippen LogP) is 2.98. The summed E-state index contributed by atoms with van der Waals surface area (Å²) in [4.78, 5) is 4.46. The average molecular weight is 245 g/mol. The van der Waals surface area contributed by atoms with E-state index in [0.717, 1.165) is 30.4 Å². The first kappa shape index (κ1) is 12.2. The maximum absolute atomic E-state index is 10.4. The zero-order valence-corrected chi connectivity index (χ0v) is 11.2. The number of hydrogen-bond donors (Lipinski definition) is 1. The fraction of sp³-hybridized carbons (Fsp3) is 0.688. The second-order valence-corrected chi connectivity index (χ2v) is 5.97. The van der Waals surface area contributed by atoms with Gasteiger partial charge in [-0.15, -0.1) is 0 Å². The SMILES string of the molecule is CCc1ccc(CC(O)C2C3CCCCC32)nc1. The van der Waals surface area contributed by atoms with E-state index in [2.05, 4.69) is 24.0 Å². The zero-order valence-electron chi connectivity index (χ0n) is 11.2. The van der Waals surface area contributed by atoms with Gasteiger partial charge >= 0.3 is 0 Å². The molecule has 0 amide bonds. The van der Waals surface area contributed by atoms with Crippen LogP contribution in [0.25, 0.3) is 0 Å². The zero-order chi connectivity index (χ0) is 12.5. The Balaban J connectivity index is 1.58. The van der Waals surface area contributed by atoms with Gasteiger partial charge in [0.1, 0.15) is 0 Å². The van der Waals surface area contributed by atoms with Crippen LogP contribution in [0.1, 0.15) is 43.9 Å². The Kier molecular flexibility index (Phi) is 3.38. The molecule has 0 radical (unpaired) electrons. The standard InChI is InChI=1S/C16H23NO/c1-2-11-7-8-12(17-10-11)9-15(18)16-13-5-3-4-6-14(13)16/h7-8,10,13-16,18H,2-6,9H2,1H3. The van der Waals surface area contributed by atoms with Gasteiger partial charge in [0.25, 0.3) is 0 Å². The second kappa shape index (κ2) is 5.00. The molecule has 3 unspecified atom stereocenters. The molecule has 0 spiro atoms. The lowest BCUT2D eigenvalue weighted by Gasteiger charge is -2.10. The molecule has 1 N–H and O–H groups in total. The maximum atomic E-state index is 10.4. The largest absolute Gasteiger partial charge is 0.392 e. The van der Waals surface area contributed by atoms with E-state index in [1.165, 1.54) is 31.2 Å². The minimum absolute atomic E-state index is 0.168. The maximum Gasteiger partial charge on any atom is 0.0629 e. The third-order valence-corrected chi connectivity index (χ3v) is 4.88. The van der Waals surface area contributed by atoms with E-state index in [1.807, 2.05) is 6.20 Å². The number of hydrogen-bond acceptors (Lipinski definition) is 2. The molecular weight excluding hydrogens is 222 g/mol. The molecule has 0 aliphatic heterocycles. The average Bonchev–Trinajstić information content (AvgIpc) is 3.14. The van der Waals surface area contributed by atoms with Crippen LogP contribution in [0.3, 0.4) is 0 Å². The summed E-state index contributed by atoms with van der Waals surface area (Å²) in [6, 6.07) is 4.21. The highest BCUT2D eigenvalue weighted by molar-refractivity contribution is 5.15. The number of nitrogens with zero attached hydrogens (tertiary/aromatic N) is 1. The summed E-state index contributed by atoms with van der Waals surface area (Å²) in [5.41, 5.74) is 2.32. The molecule has 3 rings (SSSR count). The van der Waals surface area contributed by atoms with Crippen LogP contribution in [0.15, 0.2) is 18.3 Å². The van der Waals surface area contributed by atoms with Crippen LogP contribution in [0.5, 0.6) is 0 Å². The molecule has 2 heteroatoms. The molecule has 1 aromatic rings. The van der Waals surface area contributed by atoms with E-state index >= 15 is 0 Å². The molecule has 0 saturated heterocycles. The summed E-state index contributed by atoms with van der Waals surface area (Å²) >= 11 is 0. The van der Waals surface area contributed by atoms with E-state index < -0.39 is 0 Å². The number of aliphatic hydroxyl groups excluding tert-OH is 1. The van der Waals surface area contributed by atoms with Gasteiger partial charge in [-0.3, -0.25) is 4.98 Å². The molecule has 1 aromatic heterocycles. The van der Waals surface area contributed by atoms with Crippen molar-refractivity contribution in [2.24, 2.45) is 17.8 Å². The van der Waals surface area contributed by atoms with Crippen molar-refractivity contribution in [2.45, 2.75) is 51.6 Å². The molecule has 2 aliphatic carbocycles. The van der Waals surface area contributed by atoms with Gasteiger partial charge in [0, 0.05) is 18.3 Å². The minimum atomic E-state index is -0.168. The minimum Gasteiger partial charge on any atom is -0.392 e. The molecule has 0 bridgehead atoms. The summed E-state index contributed by atoms with van der Waals surface area (Å²) < 4.78 is 0. The number of aryl methyl sites for hydroxylation is 1. The molecule has 0 aromatic carbocycles. The van der Waals surface area contributed by atoms with Crippen molar-refractivity contribution in [3.63, 3.8) is 0 Å². The molecule has 1 heterocycles. The molecule has 2 fully saturated rings. The predicted molar refractivity (Wildman–Crippen MR) is 72.3 cm³/mol. The Morgan fingerprint density at radius 1 is 1.28 bits per heavy atom. The molecular formula is C16H23NO. The fourth-order valence-corrected chi connectivity index (χ4v) is 3.75. The normalized spacial score (nSPS) is 31.8. The van der Waals surface area contributed by atoms with E-state index in [0.29, 0.717) is 5.92 Å². The molecule has 98 valence electrons. The second-order valence-electron chi connectivity index (χ2n) is 5.97. The third-order valence-electron chi connectivity index (χ3n) is 4.88. The highest BCUT2D eigenvalue weighted by atomic mass is 16.3. The van der Waals surface area contributed by atoms with Crippen molar-refractivity contribution < 1.29 is 5.11 Å². The first-order valence-electron chi connectivity index (χ1n) is 7.41. The van der Waals surface area contributed by atoms with Crippen LogP contribution in [0, 0.1) is 17.8 Å². The van der Waals surface area contributed by atoms with Crippen LogP contribution < -0.4 is 0 Å². The Labute approximate surface area is 109 Å². The van der Waals surface area contributed by atoms with Crippen molar-refractivity contribution in [1.29, 1.82) is 0 Å². The number of aliphatic hydroxyl groups is 1. The Morgan fingerprint density at radius 3 is 2.56 bits per heavy atom. The van der Waals surface area contributed by atoms with Crippen LogP contribution in [0.2, 0.25) is 0 Å². The van der Waals surface area contributed by atoms with Crippen molar-refractivity contribution in [1.82, 2.24) is 4.98 Å². The smallest absolute Gasteiger partial charge is 0.0629 e. The molecule has 2 saturated carbocycles. The van der Waals surface area contributed by atoms with Crippen molar-refractivity contribution >= 4 is 0 Å². The van der Waals surface area contributed by atoms with Gasteiger partial charge in [0.2, 0.25) is 0 Å². The Bertz CT molecular complexity index is 388. The molecule has 3 atom stereocenters. The number of fused-ring (bicyclic) bond motifs is 1. The van der Waals surface area contributed by atoms with Gasteiger partial charge in [0.05, 0.1) is 6.10 Å². The summed E-state index contributed by atoms with van der Waals surface area (Å²) in [6.07, 6.45) is 8.97. The monoisotopic (exact) mass is 245 g/mol. The fourth-order valence-electron chi connectivity index (χ4n) is 3.75. The highest BCUT2D eigenvalue weighted by Crippen LogP contribution is 2.57. The molecule has 18 heavy (non-hydrogen) atoms. The van der Waals surface area contributed by atoms with Gasteiger partial charge in [-0.05, 0) is 48.6 Å². The highest BCUT2D eigenvalue weighted by Gasteiger charge is 2.53. The molecule has 2 nitrogen and oxygen atoms in total. The lowest BCUT2D eigenvalue weighted by atomic mass is 10.0. The van der Waals surface area contributed by atoms with Gasteiger partial charge < -0.3 is 5.11 Å². The number of rotatable bonds is 4. The van der Waals surface area contributed by atoms with E-state index in [4.69, 9.17) is 0 Å². The number of pyridine rings is 1. The summed E-state index contributed by atoms with van der Waals surface area (Å²) in [5, 5.41) is 10.4. The first-order valence-corrected chi connectivity index (χ1v) is 7.41. The quantitative estimate of drug-likeness (QED) is 0.884. The van der Waals surface area contributed by atoms with Gasteiger partial charge in [-0.25, -0.2) is 0 Å². The topological polar surface area (TPSA) is 33.1 Å². The van der Waals surface area contributed by atoms with Crippen molar-refractivity contribution in [3.05, 3.63) is 29.6 Å². The van der Waals surface area contributed by atoms with Crippen LogP contribution >= 0.6 is 0 Å². The van der Waals surface area contributed by atoms with Crippen LogP contribution in [-0.2, 0) is 12.8 Å². The van der Waals surface area contributed by atoms with Crippen LogP contribution in [-0.4, -0.2) is 16.2 Å². The van der Waals surface area contributed by atoms with Gasteiger partial charge in [0.15, 0.2) is 0 Å².